The Bertz CT molecular complexity index is 1050. The predicted octanol–water partition coefficient (Wildman–Crippen LogP) is 3.36. The van der Waals surface area contributed by atoms with E-state index >= 15 is 0 Å². The van der Waals surface area contributed by atoms with Crippen LogP contribution in [0.1, 0.15) is 0 Å². The fourth-order valence-electron chi connectivity index (χ4n) is 3.45. The Morgan fingerprint density at radius 2 is 1.70 bits per heavy atom. The van der Waals surface area contributed by atoms with Crippen molar-refractivity contribution >= 4 is 16.9 Å². The van der Waals surface area contributed by atoms with Crippen molar-refractivity contribution in [3.05, 3.63) is 61.4 Å². The van der Waals surface area contributed by atoms with Gasteiger partial charge in [0.25, 0.3) is 0 Å². The molecular weight excluding hydrogens is 338 g/mol. The summed E-state index contributed by atoms with van der Waals surface area (Å²) >= 11 is 0. The minimum absolute atomic E-state index is 0.769. The van der Waals surface area contributed by atoms with Gasteiger partial charge >= 0.3 is 0 Å². The predicted molar refractivity (Wildman–Crippen MR) is 106 cm³/mol. The average Bonchev–Trinajstić information content (AvgIpc) is 3.18. The average molecular weight is 357 g/mol. The molecule has 6 heteroatoms. The van der Waals surface area contributed by atoms with E-state index in [-0.39, 0.29) is 0 Å². The van der Waals surface area contributed by atoms with Crippen molar-refractivity contribution in [1.82, 2.24) is 20.3 Å². The van der Waals surface area contributed by atoms with Crippen molar-refractivity contribution in [1.29, 1.82) is 0 Å². The second kappa shape index (κ2) is 6.81. The fraction of sp³-hybridized carbons (Fsp3) is 0.190. The van der Waals surface area contributed by atoms with Crippen molar-refractivity contribution in [2.24, 2.45) is 0 Å². The number of piperazine rings is 1. The molecular formula is C21H19N5O. The lowest BCUT2D eigenvalue weighted by Crippen LogP contribution is -2.43. The third kappa shape index (κ3) is 3.04. The molecule has 1 fully saturated rings. The Balaban J connectivity index is 1.45. The Morgan fingerprint density at radius 3 is 2.48 bits per heavy atom. The molecule has 0 radical (unpaired) electrons. The Morgan fingerprint density at radius 1 is 0.889 bits per heavy atom. The maximum atomic E-state index is 5.77. The summed E-state index contributed by atoms with van der Waals surface area (Å²) in [4.78, 5) is 15.7. The number of fused-ring (bicyclic) bond motifs is 1. The maximum Gasteiger partial charge on any atom is 0.153 e. The molecule has 4 aromatic heterocycles. The zero-order chi connectivity index (χ0) is 18.1. The first kappa shape index (κ1) is 16.0. The van der Waals surface area contributed by atoms with Gasteiger partial charge in [0.05, 0.1) is 0 Å². The highest BCUT2D eigenvalue weighted by molar-refractivity contribution is 5.92. The quantitative estimate of drug-likeness (QED) is 0.606. The van der Waals surface area contributed by atoms with E-state index in [4.69, 9.17) is 4.42 Å². The van der Waals surface area contributed by atoms with Crippen molar-refractivity contribution in [3.8, 4) is 22.3 Å². The number of hydrogen-bond acceptors (Lipinski definition) is 6. The van der Waals surface area contributed by atoms with Gasteiger partial charge in [0.1, 0.15) is 17.6 Å². The highest BCUT2D eigenvalue weighted by Gasteiger charge is 2.13. The monoisotopic (exact) mass is 357 g/mol. The number of pyridine rings is 3. The molecule has 0 atom stereocenters. The Kier molecular flexibility index (Phi) is 4.03. The van der Waals surface area contributed by atoms with Crippen molar-refractivity contribution < 1.29 is 4.42 Å². The van der Waals surface area contributed by atoms with Crippen LogP contribution in [0.4, 0.5) is 5.82 Å². The van der Waals surface area contributed by atoms with Crippen LogP contribution in [0.5, 0.6) is 0 Å². The fourth-order valence-corrected chi connectivity index (χ4v) is 3.45. The molecule has 27 heavy (non-hydrogen) atoms. The van der Waals surface area contributed by atoms with Crippen LogP contribution in [0.15, 0.2) is 65.8 Å². The molecule has 134 valence electrons. The summed E-state index contributed by atoms with van der Waals surface area (Å²) in [5, 5.41) is 3.36. The van der Waals surface area contributed by atoms with E-state index in [9.17, 15) is 0 Å². The van der Waals surface area contributed by atoms with E-state index in [1.54, 1.807) is 18.7 Å². The van der Waals surface area contributed by atoms with Crippen molar-refractivity contribution in [3.63, 3.8) is 0 Å². The molecule has 1 N–H and O–H groups in total. The van der Waals surface area contributed by atoms with Crippen LogP contribution in [0.25, 0.3) is 33.4 Å². The number of aromatic nitrogens is 3. The second-order valence-corrected chi connectivity index (χ2v) is 6.60. The molecule has 6 nitrogen and oxygen atoms in total. The first-order chi connectivity index (χ1) is 13.4. The number of nitrogens with one attached hydrogen (secondary N) is 1. The van der Waals surface area contributed by atoms with Gasteiger partial charge in [0, 0.05) is 67.7 Å². The molecule has 1 aliphatic rings. The van der Waals surface area contributed by atoms with Crippen LogP contribution >= 0.6 is 0 Å². The summed E-state index contributed by atoms with van der Waals surface area (Å²) in [7, 11) is 0. The summed E-state index contributed by atoms with van der Waals surface area (Å²) < 4.78 is 5.77. The van der Waals surface area contributed by atoms with Crippen LogP contribution in [0, 0.1) is 0 Å². The molecule has 0 saturated carbocycles. The molecule has 0 unspecified atom stereocenters. The minimum Gasteiger partial charge on any atom is -0.462 e. The molecule has 1 aliphatic heterocycles. The van der Waals surface area contributed by atoms with Gasteiger partial charge in [0.2, 0.25) is 0 Å². The van der Waals surface area contributed by atoms with E-state index in [2.05, 4.69) is 37.3 Å². The topological polar surface area (TPSA) is 67.1 Å². The molecule has 5 rings (SSSR count). The van der Waals surface area contributed by atoms with Gasteiger partial charge in [0.15, 0.2) is 5.58 Å². The first-order valence-electron chi connectivity index (χ1n) is 9.08. The summed E-state index contributed by atoms with van der Waals surface area (Å²) in [6.07, 6.45) is 9.09. The number of furan rings is 1. The van der Waals surface area contributed by atoms with Gasteiger partial charge in [-0.15, -0.1) is 0 Å². The van der Waals surface area contributed by atoms with E-state index in [1.165, 1.54) is 0 Å². The Labute approximate surface area is 156 Å². The van der Waals surface area contributed by atoms with Gasteiger partial charge < -0.3 is 14.6 Å². The molecule has 0 aromatic carbocycles. The minimum atomic E-state index is 0.769. The number of nitrogens with zero attached hydrogens (tertiary/aromatic N) is 4. The SMILES string of the molecule is c1cc(-c2coc3cc(-c4ccc(N5CCNCC5)nc4)cnc23)ccn1. The molecule has 0 bridgehead atoms. The maximum absolute atomic E-state index is 5.77. The van der Waals surface area contributed by atoms with E-state index < -0.39 is 0 Å². The van der Waals surface area contributed by atoms with Crippen LogP contribution < -0.4 is 10.2 Å². The van der Waals surface area contributed by atoms with Gasteiger partial charge in [-0.3, -0.25) is 9.97 Å². The zero-order valence-corrected chi connectivity index (χ0v) is 14.8. The van der Waals surface area contributed by atoms with Gasteiger partial charge in [-0.05, 0) is 35.9 Å². The Hall–Kier alpha value is -3.25. The van der Waals surface area contributed by atoms with Crippen LogP contribution in [-0.2, 0) is 0 Å². The number of hydrogen-bond donors (Lipinski definition) is 1. The highest BCUT2D eigenvalue weighted by Crippen LogP contribution is 2.31. The summed E-state index contributed by atoms with van der Waals surface area (Å²) in [6.45, 7) is 3.98. The third-order valence-electron chi connectivity index (χ3n) is 4.93. The normalized spacial score (nSPS) is 14.6. The molecule has 4 aromatic rings. The molecule has 5 heterocycles. The lowest BCUT2D eigenvalue weighted by molar-refractivity contribution is 0.585. The van der Waals surface area contributed by atoms with Crippen molar-refractivity contribution in [2.45, 2.75) is 0 Å². The van der Waals surface area contributed by atoms with Gasteiger partial charge in [-0.2, -0.15) is 0 Å². The summed E-state index contributed by atoms with van der Waals surface area (Å²) in [5.41, 5.74) is 5.68. The van der Waals surface area contributed by atoms with Crippen molar-refractivity contribution in [2.75, 3.05) is 31.1 Å². The number of anilines is 1. The smallest absolute Gasteiger partial charge is 0.153 e. The van der Waals surface area contributed by atoms with Crippen LogP contribution in [-0.4, -0.2) is 41.1 Å². The molecule has 1 saturated heterocycles. The third-order valence-corrected chi connectivity index (χ3v) is 4.93. The molecule has 0 aliphatic carbocycles. The lowest BCUT2D eigenvalue weighted by Gasteiger charge is -2.28. The summed E-state index contributed by atoms with van der Waals surface area (Å²) in [5.74, 6) is 1.02. The number of rotatable bonds is 3. The first-order valence-corrected chi connectivity index (χ1v) is 9.08. The van der Waals surface area contributed by atoms with E-state index in [0.717, 1.165) is 65.4 Å². The highest BCUT2D eigenvalue weighted by atomic mass is 16.3. The lowest BCUT2D eigenvalue weighted by atomic mass is 10.1. The van der Waals surface area contributed by atoms with Crippen LogP contribution in [0.2, 0.25) is 0 Å². The molecule has 0 amide bonds. The van der Waals surface area contributed by atoms with Gasteiger partial charge in [-0.25, -0.2) is 4.98 Å². The van der Waals surface area contributed by atoms with E-state index in [0.29, 0.717) is 0 Å². The molecule has 0 spiro atoms. The zero-order valence-electron chi connectivity index (χ0n) is 14.8. The second-order valence-electron chi connectivity index (χ2n) is 6.60. The standard InChI is InChI=1S/C21H19N5O/c1-2-20(26-9-7-23-8-10-26)24-12-16(1)17-11-19-21(25-13-17)18(14-27-19)15-3-5-22-6-4-15/h1-6,11-14,23H,7-10H2. The largest absolute Gasteiger partial charge is 0.462 e. The van der Waals surface area contributed by atoms with Gasteiger partial charge in [-0.1, -0.05) is 0 Å². The van der Waals surface area contributed by atoms with E-state index in [1.807, 2.05) is 30.6 Å². The van der Waals surface area contributed by atoms with Crippen LogP contribution in [0.3, 0.4) is 0 Å². The summed E-state index contributed by atoms with van der Waals surface area (Å²) in [6, 6.07) is 10.1.